The van der Waals surface area contributed by atoms with Gasteiger partial charge < -0.3 is 20.1 Å². The number of hydrogen-bond donors (Lipinski definition) is 2. The second kappa shape index (κ2) is 12.8. The van der Waals surface area contributed by atoms with Crippen LogP contribution in [0.25, 0.3) is 10.9 Å². The Morgan fingerprint density at radius 1 is 1.05 bits per heavy atom. The van der Waals surface area contributed by atoms with Gasteiger partial charge in [-0.15, -0.1) is 11.8 Å². The van der Waals surface area contributed by atoms with Gasteiger partial charge >= 0.3 is 6.18 Å². The number of rotatable bonds is 8. The molecule has 0 unspecified atom stereocenters. The van der Waals surface area contributed by atoms with E-state index in [2.05, 4.69) is 57.5 Å². The highest BCUT2D eigenvalue weighted by Crippen LogP contribution is 2.32. The zero-order valence-corrected chi connectivity index (χ0v) is 24.1. The van der Waals surface area contributed by atoms with Crippen molar-refractivity contribution in [2.75, 3.05) is 41.4 Å². The molecule has 0 amide bonds. The molecule has 2 aromatic carbocycles. The standard InChI is InChI=1S/C32H34F3N5S/c1-3-23-19-27(41-2)11-12-29(23)37-16-6-7-25-20-28-30(9-4-10-31(28)40(25)22-32(33,34)35)38-24-13-17-39(18-14-24)26-8-5-15-36-21-26/h4-5,8-12,15,19-21,24,37-38H,3,13-14,16-18,22H2,1-2H3. The lowest BCUT2D eigenvalue weighted by atomic mass is 10.0. The molecule has 1 aliphatic rings. The number of halogens is 3. The molecule has 1 aliphatic heterocycles. The van der Waals surface area contributed by atoms with Gasteiger partial charge in [0.1, 0.15) is 6.54 Å². The first-order valence-corrected chi connectivity index (χ1v) is 15.1. The molecule has 1 fully saturated rings. The van der Waals surface area contributed by atoms with Crippen LogP contribution in [0.3, 0.4) is 0 Å². The van der Waals surface area contributed by atoms with E-state index in [-0.39, 0.29) is 6.04 Å². The number of thioether (sulfide) groups is 1. The second-order valence-corrected chi connectivity index (χ2v) is 11.0. The van der Waals surface area contributed by atoms with E-state index in [0.29, 0.717) is 17.8 Å². The van der Waals surface area contributed by atoms with E-state index in [9.17, 15) is 13.2 Å². The summed E-state index contributed by atoms with van der Waals surface area (Å²) < 4.78 is 42.2. The zero-order chi connectivity index (χ0) is 28.8. The molecule has 0 bridgehead atoms. The molecule has 0 spiro atoms. The fourth-order valence-electron chi connectivity index (χ4n) is 5.34. The Hall–Kier alpha value is -3.77. The first-order chi connectivity index (χ1) is 19.8. The van der Waals surface area contributed by atoms with Gasteiger partial charge in [-0.25, -0.2) is 0 Å². The Balaban J connectivity index is 1.34. The molecule has 5 rings (SSSR count). The zero-order valence-electron chi connectivity index (χ0n) is 23.3. The SMILES string of the molecule is CCc1cc(SC)ccc1NCC#Cc1cc2c(NC3CCN(c4cccnc4)CC3)cccc2n1CC(F)(F)F. The average molecular weight is 578 g/mol. The number of benzene rings is 2. The molecule has 1 saturated heterocycles. The number of piperidine rings is 1. The third-order valence-electron chi connectivity index (χ3n) is 7.43. The van der Waals surface area contributed by atoms with Crippen LogP contribution in [0, 0.1) is 11.8 Å². The van der Waals surface area contributed by atoms with Crippen LogP contribution in [0.1, 0.15) is 31.0 Å². The largest absolute Gasteiger partial charge is 0.406 e. The van der Waals surface area contributed by atoms with E-state index in [1.165, 1.54) is 15.0 Å². The van der Waals surface area contributed by atoms with Crippen LogP contribution >= 0.6 is 11.8 Å². The first kappa shape index (κ1) is 28.7. The van der Waals surface area contributed by atoms with Crippen molar-refractivity contribution < 1.29 is 13.2 Å². The van der Waals surface area contributed by atoms with Gasteiger partial charge in [0.05, 0.1) is 29.6 Å². The van der Waals surface area contributed by atoms with Crippen molar-refractivity contribution in [3.05, 3.63) is 78.2 Å². The summed E-state index contributed by atoms with van der Waals surface area (Å²) in [6.45, 7) is 3.12. The summed E-state index contributed by atoms with van der Waals surface area (Å²) in [6.07, 6.45) is 4.04. The summed E-state index contributed by atoms with van der Waals surface area (Å²) >= 11 is 1.69. The summed E-state index contributed by atoms with van der Waals surface area (Å²) in [5, 5.41) is 7.70. The van der Waals surface area contributed by atoms with Gasteiger partial charge in [0.15, 0.2) is 0 Å². The van der Waals surface area contributed by atoms with E-state index in [1.54, 1.807) is 30.1 Å². The number of aryl methyl sites for hydroxylation is 1. The van der Waals surface area contributed by atoms with E-state index < -0.39 is 12.7 Å². The van der Waals surface area contributed by atoms with Crippen LogP contribution in [0.5, 0.6) is 0 Å². The molecular formula is C32H34F3N5S. The number of alkyl halides is 3. The quantitative estimate of drug-likeness (QED) is 0.169. The summed E-state index contributed by atoms with van der Waals surface area (Å²) in [5.41, 5.74) is 5.01. The van der Waals surface area contributed by atoms with Crippen molar-refractivity contribution in [3.63, 3.8) is 0 Å². The van der Waals surface area contributed by atoms with Crippen molar-refractivity contribution in [1.82, 2.24) is 9.55 Å². The lowest BCUT2D eigenvalue weighted by Crippen LogP contribution is -2.39. The third-order valence-corrected chi connectivity index (χ3v) is 8.15. The fourth-order valence-corrected chi connectivity index (χ4v) is 5.81. The Kier molecular flexibility index (Phi) is 8.99. The number of hydrogen-bond acceptors (Lipinski definition) is 5. The number of anilines is 3. The lowest BCUT2D eigenvalue weighted by Gasteiger charge is -2.34. The van der Waals surface area contributed by atoms with Gasteiger partial charge in [-0.1, -0.05) is 18.9 Å². The molecule has 214 valence electrons. The van der Waals surface area contributed by atoms with Gasteiger partial charge in [0, 0.05) is 47.0 Å². The molecule has 3 heterocycles. The molecule has 0 saturated carbocycles. The Morgan fingerprint density at radius 2 is 1.88 bits per heavy atom. The maximum Gasteiger partial charge on any atom is 0.406 e. The van der Waals surface area contributed by atoms with Crippen molar-refractivity contribution >= 4 is 39.7 Å². The molecule has 9 heteroatoms. The minimum absolute atomic E-state index is 0.225. The Bertz CT molecular complexity index is 1530. The Labute approximate surface area is 243 Å². The van der Waals surface area contributed by atoms with Crippen LogP contribution in [0.4, 0.5) is 30.2 Å². The number of fused-ring (bicyclic) bond motifs is 1. The van der Waals surface area contributed by atoms with Gasteiger partial charge in [-0.2, -0.15) is 13.2 Å². The normalized spacial score (nSPS) is 14.1. The smallest absolute Gasteiger partial charge is 0.382 e. The summed E-state index contributed by atoms with van der Waals surface area (Å²) in [7, 11) is 0. The van der Waals surface area contributed by atoms with Crippen molar-refractivity contribution in [1.29, 1.82) is 0 Å². The maximum absolute atomic E-state index is 13.6. The highest BCUT2D eigenvalue weighted by molar-refractivity contribution is 7.98. The van der Waals surface area contributed by atoms with Crippen molar-refractivity contribution in [2.45, 2.75) is 49.8 Å². The topological polar surface area (TPSA) is 45.1 Å². The van der Waals surface area contributed by atoms with Gasteiger partial charge in [-0.3, -0.25) is 4.98 Å². The molecule has 2 N–H and O–H groups in total. The molecule has 0 atom stereocenters. The van der Waals surface area contributed by atoms with Crippen molar-refractivity contribution in [2.24, 2.45) is 0 Å². The van der Waals surface area contributed by atoms with E-state index in [0.717, 1.165) is 54.8 Å². The molecular weight excluding hydrogens is 543 g/mol. The second-order valence-electron chi connectivity index (χ2n) is 10.1. The van der Waals surface area contributed by atoms with Crippen LogP contribution in [0.2, 0.25) is 0 Å². The van der Waals surface area contributed by atoms with Gasteiger partial charge in [-0.05, 0) is 85.5 Å². The van der Waals surface area contributed by atoms with Crippen LogP contribution in [-0.2, 0) is 13.0 Å². The number of aromatic nitrogens is 2. The van der Waals surface area contributed by atoms with E-state index in [4.69, 9.17) is 0 Å². The number of nitrogens with zero attached hydrogens (tertiary/aromatic N) is 3. The summed E-state index contributed by atoms with van der Waals surface area (Å²) in [5.74, 6) is 6.07. The molecule has 0 radical (unpaired) electrons. The fraction of sp³-hybridized carbons (Fsp3) is 0.344. The monoisotopic (exact) mass is 577 g/mol. The van der Waals surface area contributed by atoms with Gasteiger partial charge in [0.2, 0.25) is 0 Å². The summed E-state index contributed by atoms with van der Waals surface area (Å²) in [4.78, 5) is 7.72. The van der Waals surface area contributed by atoms with Gasteiger partial charge in [0.25, 0.3) is 0 Å². The summed E-state index contributed by atoms with van der Waals surface area (Å²) in [6, 6.07) is 17.7. The van der Waals surface area contributed by atoms with E-state index in [1.807, 2.05) is 36.7 Å². The minimum atomic E-state index is -4.36. The Morgan fingerprint density at radius 3 is 2.59 bits per heavy atom. The van der Waals surface area contributed by atoms with E-state index >= 15 is 0 Å². The number of nitrogens with one attached hydrogen (secondary N) is 2. The predicted octanol–water partition coefficient (Wildman–Crippen LogP) is 7.43. The highest BCUT2D eigenvalue weighted by Gasteiger charge is 2.30. The van der Waals surface area contributed by atoms with Crippen LogP contribution in [0.15, 0.2) is 71.9 Å². The molecule has 2 aromatic heterocycles. The third kappa shape index (κ3) is 7.12. The first-order valence-electron chi connectivity index (χ1n) is 13.8. The maximum atomic E-state index is 13.6. The molecule has 0 aliphatic carbocycles. The molecule has 4 aromatic rings. The van der Waals surface area contributed by atoms with Crippen LogP contribution < -0.4 is 15.5 Å². The molecule has 5 nitrogen and oxygen atoms in total. The lowest BCUT2D eigenvalue weighted by molar-refractivity contribution is -0.140. The van der Waals surface area contributed by atoms with Crippen molar-refractivity contribution in [3.8, 4) is 11.8 Å². The average Bonchev–Trinajstić information content (AvgIpc) is 3.32. The molecule has 41 heavy (non-hydrogen) atoms. The highest BCUT2D eigenvalue weighted by atomic mass is 32.2. The predicted molar refractivity (Wildman–Crippen MR) is 164 cm³/mol. The minimum Gasteiger partial charge on any atom is -0.382 e. The number of pyridine rings is 1. The van der Waals surface area contributed by atoms with Crippen LogP contribution in [-0.4, -0.2) is 47.7 Å².